The number of nitrogens with one attached hydrogen (secondary N) is 1. The van der Waals surface area contributed by atoms with Crippen molar-refractivity contribution in [2.45, 2.75) is 26.8 Å². The van der Waals surface area contributed by atoms with E-state index in [-0.39, 0.29) is 0 Å². The minimum absolute atomic E-state index is 0.660. The minimum atomic E-state index is 0.660. The summed E-state index contributed by atoms with van der Waals surface area (Å²) in [6, 6.07) is 0. The molecular formula is C13H19BrN4. The van der Waals surface area contributed by atoms with Crippen molar-refractivity contribution in [1.82, 2.24) is 14.9 Å². The largest absolute Gasteiger partial charge is 0.341 e. The summed E-state index contributed by atoms with van der Waals surface area (Å²) >= 11 is 3.53. The van der Waals surface area contributed by atoms with E-state index in [1.165, 1.54) is 0 Å². The van der Waals surface area contributed by atoms with Crippen LogP contribution < -0.4 is 10.2 Å². The van der Waals surface area contributed by atoms with Crippen LogP contribution >= 0.6 is 15.9 Å². The van der Waals surface area contributed by atoms with Gasteiger partial charge in [0.25, 0.3) is 0 Å². The van der Waals surface area contributed by atoms with Gasteiger partial charge in [-0.3, -0.25) is 0 Å². The van der Waals surface area contributed by atoms with Gasteiger partial charge in [0.15, 0.2) is 10.6 Å². The Hall–Kier alpha value is -1.23. The van der Waals surface area contributed by atoms with Gasteiger partial charge in [0.1, 0.15) is 11.5 Å². The van der Waals surface area contributed by atoms with E-state index >= 15 is 0 Å². The summed E-state index contributed by atoms with van der Waals surface area (Å²) in [7, 11) is 1.95. The highest BCUT2D eigenvalue weighted by atomic mass is 79.9. The number of halogens is 1. The first kappa shape index (κ1) is 13.2. The third-order valence-corrected chi connectivity index (χ3v) is 3.74. The Balaban J connectivity index is 2.41. The van der Waals surface area contributed by atoms with Crippen molar-refractivity contribution in [3.05, 3.63) is 29.4 Å². The molecule has 0 aliphatic carbocycles. The number of nitrogens with zero attached hydrogens (tertiary/aromatic N) is 3. The van der Waals surface area contributed by atoms with Crippen LogP contribution in [0.3, 0.4) is 0 Å². The lowest BCUT2D eigenvalue weighted by molar-refractivity contribution is 0.508. The van der Waals surface area contributed by atoms with Crippen LogP contribution in [0.4, 0.5) is 5.82 Å². The molecule has 0 atom stereocenters. The number of hydrogen-bond acceptors (Lipinski definition) is 3. The molecule has 0 unspecified atom stereocenters. The van der Waals surface area contributed by atoms with E-state index in [4.69, 9.17) is 0 Å². The molecule has 1 aromatic rings. The van der Waals surface area contributed by atoms with Gasteiger partial charge in [-0.05, 0) is 28.3 Å². The number of hydrogen-bond donors (Lipinski definition) is 1. The highest BCUT2D eigenvalue weighted by Gasteiger charge is 2.26. The van der Waals surface area contributed by atoms with Crippen LogP contribution in [-0.4, -0.2) is 16.6 Å². The second-order valence-electron chi connectivity index (χ2n) is 5.00. The number of rotatable bonds is 3. The maximum atomic E-state index is 4.55. The highest BCUT2D eigenvalue weighted by Crippen LogP contribution is 2.33. The fourth-order valence-corrected chi connectivity index (χ4v) is 2.50. The SMILES string of the molecule is C=C1NC(=C)N(C)c2nc(Br)n(CCC(C)C)c21. The molecular weight excluding hydrogens is 292 g/mol. The van der Waals surface area contributed by atoms with Crippen molar-refractivity contribution in [2.24, 2.45) is 5.92 Å². The Morgan fingerprint density at radius 2 is 2.06 bits per heavy atom. The van der Waals surface area contributed by atoms with Crippen LogP contribution in [-0.2, 0) is 6.54 Å². The quantitative estimate of drug-likeness (QED) is 0.931. The van der Waals surface area contributed by atoms with Crippen LogP contribution in [0.5, 0.6) is 0 Å². The number of anilines is 1. The summed E-state index contributed by atoms with van der Waals surface area (Å²) in [6.07, 6.45) is 1.11. The van der Waals surface area contributed by atoms with Crippen LogP contribution in [0, 0.1) is 5.92 Å². The van der Waals surface area contributed by atoms with Gasteiger partial charge in [0, 0.05) is 13.6 Å². The summed E-state index contributed by atoms with van der Waals surface area (Å²) in [6.45, 7) is 13.4. The normalized spacial score (nSPS) is 15.1. The van der Waals surface area contributed by atoms with Gasteiger partial charge in [-0.15, -0.1) is 0 Å². The molecule has 1 aliphatic rings. The topological polar surface area (TPSA) is 33.1 Å². The molecule has 2 rings (SSSR count). The van der Waals surface area contributed by atoms with Crippen LogP contribution in [0.2, 0.25) is 0 Å². The van der Waals surface area contributed by atoms with Gasteiger partial charge >= 0.3 is 0 Å². The number of aromatic nitrogens is 2. The Morgan fingerprint density at radius 3 is 2.67 bits per heavy atom. The zero-order valence-electron chi connectivity index (χ0n) is 11.1. The standard InChI is InChI=1S/C13H19BrN4/c1-8(2)6-7-18-11-9(3)15-10(4)17(5)12(11)16-13(18)14/h8,15H,3-4,6-7H2,1-2,5H3. The first-order chi connectivity index (χ1) is 8.41. The van der Waals surface area contributed by atoms with Crippen molar-refractivity contribution in [3.63, 3.8) is 0 Å². The molecule has 18 heavy (non-hydrogen) atoms. The van der Waals surface area contributed by atoms with E-state index in [1.54, 1.807) is 0 Å². The fraction of sp³-hybridized carbons (Fsp3) is 0.462. The van der Waals surface area contributed by atoms with Crippen LogP contribution in [0.25, 0.3) is 5.70 Å². The van der Waals surface area contributed by atoms with Crippen LogP contribution in [0.1, 0.15) is 26.0 Å². The molecule has 0 amide bonds. The lowest BCUT2D eigenvalue weighted by Gasteiger charge is -2.29. The third-order valence-electron chi connectivity index (χ3n) is 3.14. The lowest BCUT2D eigenvalue weighted by atomic mass is 10.1. The van der Waals surface area contributed by atoms with E-state index in [9.17, 15) is 0 Å². The molecule has 98 valence electrons. The Kier molecular flexibility index (Phi) is 3.52. The maximum absolute atomic E-state index is 4.55. The molecule has 1 aromatic heterocycles. The molecule has 1 N–H and O–H groups in total. The third kappa shape index (κ3) is 2.19. The smallest absolute Gasteiger partial charge is 0.179 e. The summed E-state index contributed by atoms with van der Waals surface area (Å²) in [4.78, 5) is 6.50. The van der Waals surface area contributed by atoms with Crippen molar-refractivity contribution < 1.29 is 0 Å². The first-order valence-electron chi connectivity index (χ1n) is 6.06. The van der Waals surface area contributed by atoms with E-state index in [1.807, 2.05) is 11.9 Å². The van der Waals surface area contributed by atoms with Gasteiger partial charge in [-0.25, -0.2) is 4.98 Å². The average molecular weight is 311 g/mol. The van der Waals surface area contributed by atoms with Crippen LogP contribution in [0.15, 0.2) is 23.7 Å². The van der Waals surface area contributed by atoms with Gasteiger partial charge in [-0.2, -0.15) is 0 Å². The van der Waals surface area contributed by atoms with Crippen molar-refractivity contribution in [1.29, 1.82) is 0 Å². The van der Waals surface area contributed by atoms with E-state index < -0.39 is 0 Å². The van der Waals surface area contributed by atoms with Gasteiger partial charge in [0.2, 0.25) is 0 Å². The maximum Gasteiger partial charge on any atom is 0.179 e. The van der Waals surface area contributed by atoms with Crippen molar-refractivity contribution in [3.8, 4) is 0 Å². The molecule has 5 heteroatoms. The Morgan fingerprint density at radius 1 is 1.39 bits per heavy atom. The highest BCUT2D eigenvalue weighted by molar-refractivity contribution is 9.10. The molecule has 0 bridgehead atoms. The Bertz CT molecular complexity index is 501. The van der Waals surface area contributed by atoms with E-state index in [0.717, 1.165) is 40.7 Å². The summed E-state index contributed by atoms with van der Waals surface area (Å²) in [5.74, 6) is 2.36. The molecule has 1 aliphatic heterocycles. The molecule has 0 radical (unpaired) electrons. The van der Waals surface area contributed by atoms with E-state index in [2.05, 4.69) is 57.8 Å². The molecule has 0 saturated heterocycles. The van der Waals surface area contributed by atoms with E-state index in [0.29, 0.717) is 5.92 Å². The zero-order chi connectivity index (χ0) is 13.4. The van der Waals surface area contributed by atoms with Crippen molar-refractivity contribution >= 4 is 27.4 Å². The lowest BCUT2D eigenvalue weighted by Crippen LogP contribution is -2.32. The monoisotopic (exact) mass is 310 g/mol. The minimum Gasteiger partial charge on any atom is -0.341 e. The molecule has 0 aromatic carbocycles. The summed E-state index contributed by atoms with van der Waals surface area (Å²) in [5.41, 5.74) is 1.90. The summed E-state index contributed by atoms with van der Waals surface area (Å²) < 4.78 is 3.01. The second-order valence-corrected chi connectivity index (χ2v) is 5.71. The van der Waals surface area contributed by atoms with Gasteiger partial charge < -0.3 is 14.8 Å². The molecule has 4 nitrogen and oxygen atoms in total. The zero-order valence-corrected chi connectivity index (χ0v) is 12.7. The molecule has 0 spiro atoms. The molecule has 2 heterocycles. The van der Waals surface area contributed by atoms with Gasteiger partial charge in [-0.1, -0.05) is 27.0 Å². The number of imidazole rings is 1. The average Bonchev–Trinajstić information content (AvgIpc) is 2.61. The molecule has 0 fully saturated rings. The summed E-state index contributed by atoms with van der Waals surface area (Å²) in [5, 5.41) is 3.18. The second kappa shape index (κ2) is 4.80. The number of fused-ring (bicyclic) bond motifs is 1. The first-order valence-corrected chi connectivity index (χ1v) is 6.86. The predicted octanol–water partition coefficient (Wildman–Crippen LogP) is 3.17. The Labute approximate surface area is 117 Å². The predicted molar refractivity (Wildman–Crippen MR) is 79.1 cm³/mol. The van der Waals surface area contributed by atoms with Gasteiger partial charge in [0.05, 0.1) is 5.70 Å². The molecule has 0 saturated carbocycles. The fourth-order valence-electron chi connectivity index (χ4n) is 1.98. The van der Waals surface area contributed by atoms with Crippen molar-refractivity contribution in [2.75, 3.05) is 11.9 Å².